The molecule has 0 aromatic carbocycles. The van der Waals surface area contributed by atoms with Crippen LogP contribution in [0.1, 0.15) is 45.2 Å². The standard InChI is InChI=1S/C23H33N5O3/c1-4-28-20-19(16(3)25-28)6-11-24-21(20)26-12-7-17(8-13-26)22(29)27-14-9-18(10-15-27)23(30)31-5-2/h6,11,17-18H,4-5,7-10,12-15H2,1-3H3. The number of carbonyl (C=O) groups is 2. The van der Waals surface area contributed by atoms with Crippen LogP contribution in [0.2, 0.25) is 0 Å². The average Bonchev–Trinajstić information content (AvgIpc) is 3.15. The third-order valence-corrected chi connectivity index (χ3v) is 6.69. The first-order chi connectivity index (χ1) is 15.0. The fourth-order valence-corrected chi connectivity index (χ4v) is 4.93. The molecule has 0 atom stereocenters. The summed E-state index contributed by atoms with van der Waals surface area (Å²) in [4.78, 5) is 33.9. The van der Waals surface area contributed by atoms with E-state index in [9.17, 15) is 9.59 Å². The SMILES string of the molecule is CCOC(=O)C1CCN(C(=O)C2CCN(c3nccc4c(C)nn(CC)c34)CC2)CC1. The second kappa shape index (κ2) is 9.24. The van der Waals surface area contributed by atoms with Gasteiger partial charge < -0.3 is 14.5 Å². The van der Waals surface area contributed by atoms with Crippen LogP contribution < -0.4 is 4.90 Å². The number of fused-ring (bicyclic) bond motifs is 1. The first-order valence-electron chi connectivity index (χ1n) is 11.6. The van der Waals surface area contributed by atoms with Crippen molar-refractivity contribution in [1.29, 1.82) is 0 Å². The molecule has 0 aliphatic carbocycles. The monoisotopic (exact) mass is 427 g/mol. The highest BCUT2D eigenvalue weighted by atomic mass is 16.5. The van der Waals surface area contributed by atoms with Crippen molar-refractivity contribution in [2.75, 3.05) is 37.7 Å². The molecule has 31 heavy (non-hydrogen) atoms. The summed E-state index contributed by atoms with van der Waals surface area (Å²) in [5.74, 6) is 1.08. The zero-order valence-corrected chi connectivity index (χ0v) is 18.8. The zero-order chi connectivity index (χ0) is 22.0. The van der Waals surface area contributed by atoms with E-state index in [4.69, 9.17) is 4.74 Å². The molecule has 0 bridgehead atoms. The van der Waals surface area contributed by atoms with Crippen molar-refractivity contribution >= 4 is 28.6 Å². The minimum atomic E-state index is -0.119. The number of hydrogen-bond donors (Lipinski definition) is 0. The van der Waals surface area contributed by atoms with Crippen LogP contribution in [-0.2, 0) is 20.9 Å². The second-order valence-corrected chi connectivity index (χ2v) is 8.54. The Bertz CT molecular complexity index is 940. The molecule has 8 nitrogen and oxygen atoms in total. The van der Waals surface area contributed by atoms with E-state index >= 15 is 0 Å². The van der Waals surface area contributed by atoms with Crippen molar-refractivity contribution in [1.82, 2.24) is 19.7 Å². The second-order valence-electron chi connectivity index (χ2n) is 8.54. The number of hydrogen-bond acceptors (Lipinski definition) is 6. The molecule has 1 amide bonds. The number of anilines is 1. The summed E-state index contributed by atoms with van der Waals surface area (Å²) in [6.07, 6.45) is 4.92. The van der Waals surface area contributed by atoms with Crippen LogP contribution in [0.25, 0.3) is 10.9 Å². The van der Waals surface area contributed by atoms with E-state index in [1.54, 1.807) is 0 Å². The van der Waals surface area contributed by atoms with Crippen LogP contribution in [0.15, 0.2) is 12.3 Å². The van der Waals surface area contributed by atoms with E-state index in [1.807, 2.05) is 35.7 Å². The van der Waals surface area contributed by atoms with Gasteiger partial charge in [0.1, 0.15) is 5.52 Å². The minimum absolute atomic E-state index is 0.0485. The maximum absolute atomic E-state index is 13.1. The minimum Gasteiger partial charge on any atom is -0.466 e. The van der Waals surface area contributed by atoms with E-state index in [2.05, 4.69) is 21.9 Å². The molecule has 4 heterocycles. The summed E-state index contributed by atoms with van der Waals surface area (Å²) >= 11 is 0. The van der Waals surface area contributed by atoms with Gasteiger partial charge in [-0.3, -0.25) is 14.3 Å². The lowest BCUT2D eigenvalue weighted by molar-refractivity contribution is -0.151. The summed E-state index contributed by atoms with van der Waals surface area (Å²) in [5, 5.41) is 5.80. The number of esters is 1. The Morgan fingerprint density at radius 3 is 2.39 bits per heavy atom. The van der Waals surface area contributed by atoms with E-state index in [0.717, 1.165) is 54.9 Å². The van der Waals surface area contributed by atoms with E-state index in [1.165, 1.54) is 0 Å². The lowest BCUT2D eigenvalue weighted by Crippen LogP contribution is -2.46. The van der Waals surface area contributed by atoms with Crippen LogP contribution in [-0.4, -0.2) is 64.3 Å². The Balaban J connectivity index is 1.37. The van der Waals surface area contributed by atoms with Crippen LogP contribution in [0, 0.1) is 18.8 Å². The van der Waals surface area contributed by atoms with Gasteiger partial charge >= 0.3 is 5.97 Å². The predicted octanol–water partition coefficient (Wildman–Crippen LogP) is 2.78. The Hall–Kier alpha value is -2.64. The van der Waals surface area contributed by atoms with Crippen molar-refractivity contribution in [3.8, 4) is 0 Å². The number of pyridine rings is 1. The number of amides is 1. The predicted molar refractivity (Wildman–Crippen MR) is 119 cm³/mol. The third-order valence-electron chi connectivity index (χ3n) is 6.69. The number of aromatic nitrogens is 3. The van der Waals surface area contributed by atoms with Gasteiger partial charge in [-0.15, -0.1) is 0 Å². The third kappa shape index (κ3) is 4.25. The van der Waals surface area contributed by atoms with Gasteiger partial charge in [-0.25, -0.2) is 4.98 Å². The number of aryl methyl sites for hydroxylation is 2. The van der Waals surface area contributed by atoms with Gasteiger partial charge in [-0.2, -0.15) is 5.10 Å². The normalized spacial score (nSPS) is 18.5. The summed E-state index contributed by atoms with van der Waals surface area (Å²) in [6, 6.07) is 2.03. The molecule has 0 saturated carbocycles. The molecule has 2 aromatic heterocycles. The molecule has 8 heteroatoms. The molecule has 4 rings (SSSR count). The zero-order valence-electron chi connectivity index (χ0n) is 18.8. The molecule has 2 aliphatic rings. The molecule has 0 N–H and O–H groups in total. The van der Waals surface area contributed by atoms with Gasteiger partial charge in [0.05, 0.1) is 18.2 Å². The van der Waals surface area contributed by atoms with Crippen molar-refractivity contribution in [2.24, 2.45) is 11.8 Å². The van der Waals surface area contributed by atoms with Crippen molar-refractivity contribution < 1.29 is 14.3 Å². The van der Waals surface area contributed by atoms with E-state index in [-0.39, 0.29) is 23.7 Å². The van der Waals surface area contributed by atoms with Crippen LogP contribution >= 0.6 is 0 Å². The lowest BCUT2D eigenvalue weighted by atomic mass is 9.92. The van der Waals surface area contributed by atoms with Crippen molar-refractivity contribution in [3.63, 3.8) is 0 Å². The van der Waals surface area contributed by atoms with Crippen LogP contribution in [0.5, 0.6) is 0 Å². The van der Waals surface area contributed by atoms with Gasteiger partial charge in [0.25, 0.3) is 0 Å². The Morgan fingerprint density at radius 1 is 1.06 bits per heavy atom. The van der Waals surface area contributed by atoms with E-state index < -0.39 is 0 Å². The largest absolute Gasteiger partial charge is 0.466 e. The molecule has 0 radical (unpaired) electrons. The van der Waals surface area contributed by atoms with Crippen LogP contribution in [0.4, 0.5) is 5.82 Å². The van der Waals surface area contributed by atoms with Gasteiger partial charge in [0.2, 0.25) is 5.91 Å². The van der Waals surface area contributed by atoms with Gasteiger partial charge in [-0.05, 0) is 52.5 Å². The van der Waals surface area contributed by atoms with Crippen molar-refractivity contribution in [3.05, 3.63) is 18.0 Å². The summed E-state index contributed by atoms with van der Waals surface area (Å²) < 4.78 is 7.16. The number of rotatable bonds is 5. The highest BCUT2D eigenvalue weighted by molar-refractivity contribution is 5.91. The molecular weight excluding hydrogens is 394 g/mol. The molecular formula is C23H33N5O3. The Morgan fingerprint density at radius 2 is 1.74 bits per heavy atom. The molecule has 2 aromatic rings. The lowest BCUT2D eigenvalue weighted by Gasteiger charge is -2.37. The van der Waals surface area contributed by atoms with Crippen LogP contribution in [0.3, 0.4) is 0 Å². The smallest absolute Gasteiger partial charge is 0.309 e. The first kappa shape index (κ1) is 21.6. The number of carbonyl (C=O) groups excluding carboxylic acids is 2. The number of likely N-dealkylation sites (tertiary alicyclic amines) is 1. The quantitative estimate of drug-likeness (QED) is 0.683. The van der Waals surface area contributed by atoms with Crippen molar-refractivity contribution in [2.45, 2.75) is 53.0 Å². The molecule has 0 spiro atoms. The Kier molecular flexibility index (Phi) is 6.43. The molecule has 2 aliphatic heterocycles. The molecule has 2 fully saturated rings. The highest BCUT2D eigenvalue weighted by Crippen LogP contribution is 2.31. The summed E-state index contributed by atoms with van der Waals surface area (Å²) in [6.45, 7) is 10.1. The highest BCUT2D eigenvalue weighted by Gasteiger charge is 2.33. The summed E-state index contributed by atoms with van der Waals surface area (Å²) in [5.41, 5.74) is 2.12. The number of nitrogens with zero attached hydrogens (tertiary/aromatic N) is 5. The van der Waals surface area contributed by atoms with Gasteiger partial charge in [0.15, 0.2) is 5.82 Å². The fourth-order valence-electron chi connectivity index (χ4n) is 4.93. The number of piperidine rings is 2. The fraction of sp³-hybridized carbons (Fsp3) is 0.652. The molecule has 0 unspecified atom stereocenters. The Labute approximate surface area is 183 Å². The van der Waals surface area contributed by atoms with E-state index in [0.29, 0.717) is 32.5 Å². The first-order valence-corrected chi connectivity index (χ1v) is 11.6. The average molecular weight is 428 g/mol. The maximum atomic E-state index is 13.1. The summed E-state index contributed by atoms with van der Waals surface area (Å²) in [7, 11) is 0. The maximum Gasteiger partial charge on any atom is 0.309 e. The molecule has 2 saturated heterocycles. The van der Waals surface area contributed by atoms with Gasteiger partial charge in [-0.1, -0.05) is 0 Å². The van der Waals surface area contributed by atoms with Gasteiger partial charge in [0, 0.05) is 50.2 Å². The number of ether oxygens (including phenoxy) is 1. The topological polar surface area (TPSA) is 80.6 Å². The molecule has 168 valence electrons.